The van der Waals surface area contributed by atoms with Crippen LogP contribution >= 0.6 is 0 Å². The third-order valence-corrected chi connectivity index (χ3v) is 5.61. The predicted octanol–water partition coefficient (Wildman–Crippen LogP) is 4.58. The third-order valence-electron chi connectivity index (χ3n) is 5.61. The van der Waals surface area contributed by atoms with Gasteiger partial charge in [-0.3, -0.25) is 0 Å². The Bertz CT molecular complexity index is 395. The number of likely N-dealkylation sites (tertiary alicyclic amines) is 1. The molecule has 0 bridgehead atoms. The molecule has 0 radical (unpaired) electrons. The van der Waals surface area contributed by atoms with Crippen molar-refractivity contribution in [1.82, 2.24) is 10.2 Å². The Balaban J connectivity index is 1.80. The molecule has 0 aromatic heterocycles. The van der Waals surface area contributed by atoms with Crippen LogP contribution in [0.2, 0.25) is 0 Å². The molecule has 1 N–H and O–H groups in total. The zero-order chi connectivity index (χ0) is 17.7. The second kappa shape index (κ2) is 8.55. The molecule has 0 unspecified atom stereocenters. The first-order valence-electron chi connectivity index (χ1n) is 9.99. The van der Waals surface area contributed by atoms with Crippen LogP contribution in [-0.4, -0.2) is 41.8 Å². The van der Waals surface area contributed by atoms with E-state index >= 15 is 0 Å². The van der Waals surface area contributed by atoms with Gasteiger partial charge >= 0.3 is 6.09 Å². The van der Waals surface area contributed by atoms with Crippen molar-refractivity contribution in [2.75, 3.05) is 13.1 Å². The summed E-state index contributed by atoms with van der Waals surface area (Å²) in [6.45, 7) is 12.3. The number of amides is 1. The summed E-state index contributed by atoms with van der Waals surface area (Å²) in [6.07, 6.45) is 8.50. The van der Waals surface area contributed by atoms with Crippen molar-refractivity contribution in [1.29, 1.82) is 0 Å². The molecular formula is C20H38N2O2. The molecule has 2 rings (SSSR count). The number of hydrogen-bond acceptors (Lipinski definition) is 3. The molecule has 1 atom stereocenters. The van der Waals surface area contributed by atoms with Gasteiger partial charge in [0.05, 0.1) is 0 Å². The minimum Gasteiger partial charge on any atom is -0.444 e. The van der Waals surface area contributed by atoms with Crippen molar-refractivity contribution in [2.45, 2.75) is 97.2 Å². The molecule has 2 fully saturated rings. The van der Waals surface area contributed by atoms with Gasteiger partial charge < -0.3 is 15.0 Å². The maximum atomic E-state index is 12.5. The van der Waals surface area contributed by atoms with E-state index in [-0.39, 0.29) is 12.1 Å². The van der Waals surface area contributed by atoms with Crippen molar-refractivity contribution in [2.24, 2.45) is 11.8 Å². The van der Waals surface area contributed by atoms with E-state index in [2.05, 4.69) is 19.2 Å². The van der Waals surface area contributed by atoms with E-state index in [9.17, 15) is 4.79 Å². The summed E-state index contributed by atoms with van der Waals surface area (Å²) in [5, 5.41) is 3.75. The van der Waals surface area contributed by atoms with Gasteiger partial charge in [-0.15, -0.1) is 0 Å². The molecule has 1 aliphatic heterocycles. The van der Waals surface area contributed by atoms with Gasteiger partial charge in [-0.2, -0.15) is 0 Å². The van der Waals surface area contributed by atoms with Crippen LogP contribution in [0.1, 0.15) is 79.6 Å². The number of rotatable bonds is 4. The molecule has 1 heterocycles. The van der Waals surface area contributed by atoms with Crippen LogP contribution in [0.5, 0.6) is 0 Å². The van der Waals surface area contributed by atoms with Crippen LogP contribution in [0.3, 0.4) is 0 Å². The molecule has 1 saturated heterocycles. The third kappa shape index (κ3) is 5.94. The van der Waals surface area contributed by atoms with Gasteiger partial charge in [-0.25, -0.2) is 4.79 Å². The maximum Gasteiger partial charge on any atom is 0.410 e. The summed E-state index contributed by atoms with van der Waals surface area (Å²) in [5.74, 6) is 1.71. The van der Waals surface area contributed by atoms with Crippen molar-refractivity contribution in [3.8, 4) is 0 Å². The lowest BCUT2D eigenvalue weighted by Gasteiger charge is -2.38. The van der Waals surface area contributed by atoms with E-state index in [1.165, 1.54) is 32.1 Å². The van der Waals surface area contributed by atoms with Crippen molar-refractivity contribution in [3.63, 3.8) is 0 Å². The fourth-order valence-corrected chi connectivity index (χ4v) is 4.07. The fourth-order valence-electron chi connectivity index (χ4n) is 4.07. The highest BCUT2D eigenvalue weighted by atomic mass is 16.6. The molecule has 0 spiro atoms. The van der Waals surface area contributed by atoms with E-state index in [0.29, 0.717) is 6.04 Å². The van der Waals surface area contributed by atoms with Gasteiger partial charge in [-0.05, 0) is 77.6 Å². The summed E-state index contributed by atoms with van der Waals surface area (Å²) in [5.41, 5.74) is -0.415. The Kier molecular flexibility index (Phi) is 6.97. The molecular weight excluding hydrogens is 300 g/mol. The molecule has 0 aromatic rings. The number of piperidine rings is 1. The number of carbonyl (C=O) groups is 1. The van der Waals surface area contributed by atoms with Gasteiger partial charge in [0.15, 0.2) is 0 Å². The molecule has 4 heteroatoms. The number of ether oxygens (including phenoxy) is 1. The highest BCUT2D eigenvalue weighted by Gasteiger charge is 2.31. The number of carbonyl (C=O) groups excluding carboxylic acids is 1. The first-order valence-corrected chi connectivity index (χ1v) is 9.99. The van der Waals surface area contributed by atoms with Crippen LogP contribution in [0.4, 0.5) is 4.79 Å². The number of hydrogen-bond donors (Lipinski definition) is 1. The van der Waals surface area contributed by atoms with Crippen LogP contribution < -0.4 is 5.32 Å². The van der Waals surface area contributed by atoms with E-state index < -0.39 is 5.60 Å². The normalized spacial score (nSPS) is 28.9. The maximum absolute atomic E-state index is 12.5. The van der Waals surface area contributed by atoms with E-state index in [0.717, 1.165) is 37.8 Å². The van der Waals surface area contributed by atoms with E-state index in [1.54, 1.807) is 0 Å². The zero-order valence-corrected chi connectivity index (χ0v) is 16.4. The second-order valence-electron chi connectivity index (χ2n) is 9.09. The molecule has 140 valence electrons. The molecule has 1 amide bonds. The van der Waals surface area contributed by atoms with Crippen LogP contribution in [-0.2, 0) is 4.74 Å². The number of nitrogens with zero attached hydrogens (tertiary/aromatic N) is 1. The summed E-state index contributed by atoms with van der Waals surface area (Å²) in [7, 11) is 0. The van der Waals surface area contributed by atoms with Gasteiger partial charge in [0, 0.05) is 25.2 Å². The van der Waals surface area contributed by atoms with Gasteiger partial charge in [0.1, 0.15) is 5.60 Å². The zero-order valence-electron chi connectivity index (χ0n) is 16.4. The Hall–Kier alpha value is -0.770. The molecule has 0 aromatic carbocycles. The van der Waals surface area contributed by atoms with E-state index in [1.807, 2.05) is 25.7 Å². The van der Waals surface area contributed by atoms with Gasteiger partial charge in [-0.1, -0.05) is 13.8 Å². The largest absolute Gasteiger partial charge is 0.444 e. The highest BCUT2D eigenvalue weighted by molar-refractivity contribution is 5.68. The van der Waals surface area contributed by atoms with Crippen molar-refractivity contribution in [3.05, 3.63) is 0 Å². The molecule has 24 heavy (non-hydrogen) atoms. The fraction of sp³-hybridized carbons (Fsp3) is 0.950. The summed E-state index contributed by atoms with van der Waals surface area (Å²) in [6, 6.07) is 0.916. The lowest BCUT2D eigenvalue weighted by atomic mass is 9.79. The van der Waals surface area contributed by atoms with Crippen molar-refractivity contribution < 1.29 is 9.53 Å². The van der Waals surface area contributed by atoms with Gasteiger partial charge in [0.25, 0.3) is 0 Å². The lowest BCUT2D eigenvalue weighted by molar-refractivity contribution is 0.00942. The standard InChI is InChI=1S/C20H38N2O2/c1-15(2)16-9-11-17(12-10-16)21-14-18-8-6-7-13-22(18)19(23)24-20(3,4)5/h15-18,21H,6-14H2,1-5H3/t16?,17?,18-/m0/s1. The average molecular weight is 339 g/mol. The summed E-state index contributed by atoms with van der Waals surface area (Å²) < 4.78 is 5.60. The number of nitrogens with one attached hydrogen (secondary N) is 1. The molecule has 1 aliphatic carbocycles. The van der Waals surface area contributed by atoms with Gasteiger partial charge in [0.2, 0.25) is 0 Å². The quantitative estimate of drug-likeness (QED) is 0.816. The smallest absolute Gasteiger partial charge is 0.410 e. The SMILES string of the molecule is CC(C)C1CCC(NC[C@@H]2CCCCN2C(=O)OC(C)(C)C)CC1. The Labute approximate surface area is 148 Å². The highest BCUT2D eigenvalue weighted by Crippen LogP contribution is 2.30. The topological polar surface area (TPSA) is 41.6 Å². The summed E-state index contributed by atoms with van der Waals surface area (Å²) in [4.78, 5) is 14.4. The Morgan fingerprint density at radius 2 is 1.79 bits per heavy atom. The first kappa shape index (κ1) is 19.6. The van der Waals surface area contributed by atoms with Crippen LogP contribution in [0.25, 0.3) is 0 Å². The average Bonchev–Trinajstić information content (AvgIpc) is 2.52. The summed E-state index contributed by atoms with van der Waals surface area (Å²) >= 11 is 0. The Morgan fingerprint density at radius 1 is 1.12 bits per heavy atom. The predicted molar refractivity (Wildman–Crippen MR) is 99.2 cm³/mol. The van der Waals surface area contributed by atoms with Crippen LogP contribution in [0.15, 0.2) is 0 Å². The Morgan fingerprint density at radius 3 is 2.38 bits per heavy atom. The second-order valence-corrected chi connectivity index (χ2v) is 9.09. The van der Waals surface area contributed by atoms with Crippen molar-refractivity contribution >= 4 is 6.09 Å². The first-order chi connectivity index (χ1) is 11.3. The van der Waals surface area contributed by atoms with E-state index in [4.69, 9.17) is 4.74 Å². The monoisotopic (exact) mass is 338 g/mol. The minimum absolute atomic E-state index is 0.141. The minimum atomic E-state index is -0.415. The molecule has 2 aliphatic rings. The van der Waals surface area contributed by atoms with Crippen LogP contribution in [0, 0.1) is 11.8 Å². The molecule has 1 saturated carbocycles. The molecule has 4 nitrogen and oxygen atoms in total. The lowest BCUT2D eigenvalue weighted by Crippen LogP contribution is -2.51.